The van der Waals surface area contributed by atoms with Gasteiger partial charge in [0.2, 0.25) is 0 Å². The van der Waals surface area contributed by atoms with Gasteiger partial charge in [0.05, 0.1) is 38.6 Å². The van der Waals surface area contributed by atoms with Gasteiger partial charge in [-0.15, -0.1) is 0 Å². The number of hydrogen-bond acceptors (Lipinski definition) is 7. The van der Waals surface area contributed by atoms with Crippen LogP contribution in [0.15, 0.2) is 36.4 Å². The average Bonchev–Trinajstić information content (AvgIpc) is 2.82. The minimum absolute atomic E-state index is 0.0504. The first kappa shape index (κ1) is 26.1. The van der Waals surface area contributed by atoms with Gasteiger partial charge < -0.3 is 35.0 Å². The third kappa shape index (κ3) is 6.74. The van der Waals surface area contributed by atoms with Gasteiger partial charge in [0.25, 0.3) is 0 Å². The second-order valence-electron chi connectivity index (χ2n) is 8.48. The van der Waals surface area contributed by atoms with Gasteiger partial charge in [-0.05, 0) is 46.7 Å². The molecular formula is C25H33ClO7. The fraction of sp³-hybridized carbons (Fsp3) is 0.520. The monoisotopic (exact) mass is 480 g/mol. The zero-order chi connectivity index (χ0) is 24.0. The number of aliphatic hydroxyl groups excluding tert-OH is 5. The van der Waals surface area contributed by atoms with Gasteiger partial charge in [0.15, 0.2) is 0 Å². The summed E-state index contributed by atoms with van der Waals surface area (Å²) in [4.78, 5) is 0. The first-order valence-corrected chi connectivity index (χ1v) is 11.6. The fourth-order valence-corrected chi connectivity index (χ4v) is 4.27. The maximum Gasteiger partial charge on any atom is 0.110 e. The molecule has 1 aliphatic rings. The van der Waals surface area contributed by atoms with Crippen LogP contribution in [-0.2, 0) is 28.9 Å². The molecule has 8 heteroatoms. The Bertz CT molecular complexity index is 889. The van der Waals surface area contributed by atoms with Gasteiger partial charge in [0.1, 0.15) is 18.3 Å². The van der Waals surface area contributed by atoms with Crippen molar-refractivity contribution < 1.29 is 35.0 Å². The van der Waals surface area contributed by atoms with Crippen molar-refractivity contribution in [1.29, 1.82) is 0 Å². The minimum Gasteiger partial charge on any atom is -0.394 e. The Morgan fingerprint density at radius 3 is 2.42 bits per heavy atom. The van der Waals surface area contributed by atoms with Crippen molar-refractivity contribution in [2.75, 3.05) is 19.8 Å². The topological polar surface area (TPSA) is 120 Å². The van der Waals surface area contributed by atoms with Gasteiger partial charge in [0, 0.05) is 11.4 Å². The molecule has 1 aliphatic heterocycles. The molecule has 33 heavy (non-hydrogen) atoms. The summed E-state index contributed by atoms with van der Waals surface area (Å²) in [6.07, 6.45) is -3.00. The largest absolute Gasteiger partial charge is 0.394 e. The Morgan fingerprint density at radius 1 is 1.09 bits per heavy atom. The predicted octanol–water partition coefficient (Wildman–Crippen LogP) is 1.91. The van der Waals surface area contributed by atoms with E-state index in [1.807, 2.05) is 6.07 Å². The molecule has 7 nitrogen and oxygen atoms in total. The molecule has 182 valence electrons. The molecule has 0 bridgehead atoms. The molecule has 0 aliphatic carbocycles. The van der Waals surface area contributed by atoms with Crippen LogP contribution in [0.25, 0.3) is 0 Å². The lowest BCUT2D eigenvalue weighted by atomic mass is 9.89. The molecule has 3 rings (SSSR count). The Hall–Kier alpha value is -1.55. The maximum absolute atomic E-state index is 10.3. The number of aliphatic hydroxyl groups is 5. The van der Waals surface area contributed by atoms with E-state index in [4.69, 9.17) is 26.2 Å². The number of rotatable bonds is 10. The van der Waals surface area contributed by atoms with E-state index in [1.165, 1.54) is 5.56 Å². The van der Waals surface area contributed by atoms with Crippen LogP contribution < -0.4 is 0 Å². The van der Waals surface area contributed by atoms with Crippen molar-refractivity contribution in [2.45, 2.75) is 63.3 Å². The highest BCUT2D eigenvalue weighted by Crippen LogP contribution is 2.36. The second kappa shape index (κ2) is 12.2. The Kier molecular flexibility index (Phi) is 9.67. The van der Waals surface area contributed by atoms with E-state index < -0.39 is 43.7 Å². The van der Waals surface area contributed by atoms with Crippen LogP contribution in [0.3, 0.4) is 0 Å². The maximum atomic E-state index is 10.3. The number of aryl methyl sites for hydroxylation is 1. The smallest absolute Gasteiger partial charge is 0.110 e. The van der Waals surface area contributed by atoms with Crippen LogP contribution in [0.5, 0.6) is 0 Å². The summed E-state index contributed by atoms with van der Waals surface area (Å²) in [6.45, 7) is 1.34. The van der Waals surface area contributed by atoms with Crippen molar-refractivity contribution in [2.24, 2.45) is 0 Å². The lowest BCUT2D eigenvalue weighted by Gasteiger charge is -2.37. The SMILES string of the molecule is CCc1ccc(Cc2cc([C@H]3C[C@@H](O)[C@H](O)[C@@H](CO)O3)c(COCC(O)CO)cc2Cl)cc1. The summed E-state index contributed by atoms with van der Waals surface area (Å²) in [7, 11) is 0. The van der Waals surface area contributed by atoms with Crippen LogP contribution >= 0.6 is 11.6 Å². The van der Waals surface area contributed by atoms with Gasteiger partial charge >= 0.3 is 0 Å². The minimum atomic E-state index is -1.17. The normalized spacial score (nSPS) is 24.1. The average molecular weight is 481 g/mol. The molecule has 0 spiro atoms. The van der Waals surface area contributed by atoms with E-state index in [2.05, 4.69) is 31.2 Å². The Balaban J connectivity index is 1.90. The third-order valence-corrected chi connectivity index (χ3v) is 6.36. The van der Waals surface area contributed by atoms with Crippen LogP contribution in [0.4, 0.5) is 0 Å². The van der Waals surface area contributed by atoms with E-state index in [9.17, 15) is 20.4 Å². The predicted molar refractivity (Wildman–Crippen MR) is 124 cm³/mol. The highest BCUT2D eigenvalue weighted by atomic mass is 35.5. The molecular weight excluding hydrogens is 448 g/mol. The summed E-state index contributed by atoms with van der Waals surface area (Å²) in [5.74, 6) is 0. The van der Waals surface area contributed by atoms with Crippen molar-refractivity contribution in [3.63, 3.8) is 0 Å². The van der Waals surface area contributed by atoms with Gasteiger partial charge in [-0.3, -0.25) is 0 Å². The highest BCUT2D eigenvalue weighted by molar-refractivity contribution is 6.31. The first-order valence-electron chi connectivity index (χ1n) is 11.2. The zero-order valence-corrected chi connectivity index (χ0v) is 19.5. The van der Waals surface area contributed by atoms with Crippen LogP contribution in [0, 0.1) is 0 Å². The van der Waals surface area contributed by atoms with Crippen LogP contribution in [0.1, 0.15) is 47.3 Å². The van der Waals surface area contributed by atoms with Gasteiger partial charge in [-0.2, -0.15) is 0 Å². The van der Waals surface area contributed by atoms with Crippen molar-refractivity contribution in [3.8, 4) is 0 Å². The number of ether oxygens (including phenoxy) is 2. The summed E-state index contributed by atoms with van der Waals surface area (Å²) >= 11 is 6.61. The molecule has 0 amide bonds. The number of halogens is 1. The van der Waals surface area contributed by atoms with Crippen molar-refractivity contribution >= 4 is 11.6 Å². The third-order valence-electron chi connectivity index (χ3n) is 6.01. The van der Waals surface area contributed by atoms with Crippen molar-refractivity contribution in [3.05, 3.63) is 69.2 Å². The van der Waals surface area contributed by atoms with Crippen LogP contribution in [0.2, 0.25) is 5.02 Å². The van der Waals surface area contributed by atoms with E-state index in [1.54, 1.807) is 6.07 Å². The fourth-order valence-electron chi connectivity index (χ4n) is 4.01. The van der Waals surface area contributed by atoms with E-state index >= 15 is 0 Å². The molecule has 1 saturated heterocycles. The zero-order valence-electron chi connectivity index (χ0n) is 18.7. The first-order chi connectivity index (χ1) is 15.9. The summed E-state index contributed by atoms with van der Waals surface area (Å²) in [6, 6.07) is 12.0. The summed E-state index contributed by atoms with van der Waals surface area (Å²) in [5.41, 5.74) is 4.67. The standard InChI is InChI=1S/C25H33ClO7/c1-2-15-3-5-16(6-4-15)7-17-8-20(23-10-22(30)25(31)24(12-28)33-23)18(9-21(17)26)13-32-14-19(29)11-27/h3-6,8-9,19,22-25,27-31H,2,7,10-14H2,1H3/t19?,22-,23-,24-,25+/m1/s1. The number of hydrogen-bond donors (Lipinski definition) is 5. The second-order valence-corrected chi connectivity index (χ2v) is 8.89. The van der Waals surface area contributed by atoms with E-state index in [-0.39, 0.29) is 19.6 Å². The molecule has 2 aromatic rings. The van der Waals surface area contributed by atoms with Crippen LogP contribution in [-0.4, -0.2) is 69.8 Å². The molecule has 1 fully saturated rings. The van der Waals surface area contributed by atoms with Gasteiger partial charge in [-0.25, -0.2) is 0 Å². The van der Waals surface area contributed by atoms with Gasteiger partial charge in [-0.1, -0.05) is 48.9 Å². The molecule has 1 heterocycles. The molecule has 5 N–H and O–H groups in total. The van der Waals surface area contributed by atoms with Crippen molar-refractivity contribution in [1.82, 2.24) is 0 Å². The summed E-state index contributed by atoms with van der Waals surface area (Å²) in [5, 5.41) is 49.2. The molecule has 5 atom stereocenters. The Morgan fingerprint density at radius 2 is 1.79 bits per heavy atom. The van der Waals surface area contributed by atoms with E-state index in [0.717, 1.165) is 23.1 Å². The lowest BCUT2D eigenvalue weighted by molar-refractivity contribution is -0.181. The van der Waals surface area contributed by atoms with E-state index in [0.29, 0.717) is 17.0 Å². The molecule has 0 saturated carbocycles. The summed E-state index contributed by atoms with van der Waals surface area (Å²) < 4.78 is 11.5. The quantitative estimate of drug-likeness (QED) is 0.352. The highest BCUT2D eigenvalue weighted by Gasteiger charge is 2.37. The molecule has 2 aromatic carbocycles. The molecule has 0 radical (unpaired) electrons. The molecule has 0 aromatic heterocycles. The molecule has 1 unspecified atom stereocenters. The Labute approximate surface area is 199 Å². The number of benzene rings is 2. The lowest BCUT2D eigenvalue weighted by Crippen LogP contribution is -2.47.